The molecule has 1 unspecified atom stereocenters. The number of nitrogens with zero attached hydrogens (tertiary/aromatic N) is 2. The van der Waals surface area contributed by atoms with E-state index in [0.29, 0.717) is 6.54 Å². The molecule has 1 aliphatic heterocycles. The summed E-state index contributed by atoms with van der Waals surface area (Å²) in [4.78, 5) is 16.2. The third-order valence-corrected chi connectivity index (χ3v) is 3.29. The first kappa shape index (κ1) is 13.0. The van der Waals surface area contributed by atoms with Crippen molar-refractivity contribution in [1.82, 2.24) is 9.80 Å². The van der Waals surface area contributed by atoms with Crippen LogP contribution in [0.3, 0.4) is 0 Å². The van der Waals surface area contributed by atoms with Gasteiger partial charge < -0.3 is 10.2 Å². The van der Waals surface area contributed by atoms with E-state index in [2.05, 4.69) is 10.2 Å². The first-order chi connectivity index (χ1) is 8.58. The number of hydrogen-bond donors (Lipinski definition) is 1. The fraction of sp³-hybridized carbons (Fsp3) is 0.462. The molecule has 0 bridgehead atoms. The van der Waals surface area contributed by atoms with Crippen LogP contribution in [0.1, 0.15) is 0 Å². The Balaban J connectivity index is 2.05. The number of para-hydroxylation sites is 1. The number of rotatable bonds is 2. The SMILES string of the molecule is CN1CCN(C)C(C(=O)Nc2ccccc2F)C1. The summed E-state index contributed by atoms with van der Waals surface area (Å²) < 4.78 is 13.5. The molecule has 18 heavy (non-hydrogen) atoms. The van der Waals surface area contributed by atoms with Gasteiger partial charge in [0.05, 0.1) is 5.69 Å². The highest BCUT2D eigenvalue weighted by Crippen LogP contribution is 2.14. The molecule has 1 fully saturated rings. The van der Waals surface area contributed by atoms with Gasteiger partial charge in [-0.2, -0.15) is 0 Å². The Labute approximate surface area is 106 Å². The second kappa shape index (κ2) is 5.46. The van der Waals surface area contributed by atoms with Crippen LogP contribution in [0.15, 0.2) is 24.3 Å². The predicted octanol–water partition coefficient (Wildman–Crippen LogP) is 1.01. The third-order valence-electron chi connectivity index (χ3n) is 3.29. The van der Waals surface area contributed by atoms with Crippen molar-refractivity contribution in [3.63, 3.8) is 0 Å². The number of likely N-dealkylation sites (N-methyl/N-ethyl adjacent to an activating group) is 2. The largest absolute Gasteiger partial charge is 0.322 e. The molecule has 1 aromatic rings. The van der Waals surface area contributed by atoms with Crippen LogP contribution in [0.4, 0.5) is 10.1 Å². The minimum Gasteiger partial charge on any atom is -0.322 e. The maximum atomic E-state index is 13.5. The van der Waals surface area contributed by atoms with Crippen LogP contribution in [-0.4, -0.2) is 55.5 Å². The van der Waals surface area contributed by atoms with Crippen molar-refractivity contribution in [2.24, 2.45) is 0 Å². The van der Waals surface area contributed by atoms with Gasteiger partial charge in [0.25, 0.3) is 0 Å². The summed E-state index contributed by atoms with van der Waals surface area (Å²) in [7, 11) is 3.90. The molecule has 1 N–H and O–H groups in total. The van der Waals surface area contributed by atoms with Gasteiger partial charge in [0.1, 0.15) is 11.9 Å². The molecule has 1 saturated heterocycles. The van der Waals surface area contributed by atoms with E-state index < -0.39 is 5.82 Å². The molecule has 0 saturated carbocycles. The van der Waals surface area contributed by atoms with E-state index in [-0.39, 0.29) is 17.6 Å². The molecule has 98 valence electrons. The number of halogens is 1. The number of hydrogen-bond acceptors (Lipinski definition) is 3. The lowest BCUT2D eigenvalue weighted by atomic mass is 10.1. The maximum Gasteiger partial charge on any atom is 0.243 e. The van der Waals surface area contributed by atoms with Gasteiger partial charge in [-0.1, -0.05) is 12.1 Å². The molecular weight excluding hydrogens is 233 g/mol. The molecule has 4 nitrogen and oxygen atoms in total. The van der Waals surface area contributed by atoms with Crippen molar-refractivity contribution in [2.45, 2.75) is 6.04 Å². The van der Waals surface area contributed by atoms with Gasteiger partial charge in [-0.25, -0.2) is 4.39 Å². The summed E-state index contributed by atoms with van der Waals surface area (Å²) in [6.45, 7) is 2.45. The zero-order valence-corrected chi connectivity index (χ0v) is 10.7. The van der Waals surface area contributed by atoms with Crippen molar-refractivity contribution in [2.75, 3.05) is 39.0 Å². The molecule has 2 rings (SSSR count). The lowest BCUT2D eigenvalue weighted by Gasteiger charge is -2.36. The Morgan fingerprint density at radius 2 is 2.06 bits per heavy atom. The fourth-order valence-corrected chi connectivity index (χ4v) is 2.07. The molecule has 1 heterocycles. The molecule has 1 aromatic carbocycles. The molecule has 0 radical (unpaired) electrons. The Bertz CT molecular complexity index is 438. The number of benzene rings is 1. The van der Waals surface area contributed by atoms with Gasteiger partial charge in [-0.15, -0.1) is 0 Å². The van der Waals surface area contributed by atoms with Crippen LogP contribution >= 0.6 is 0 Å². The zero-order chi connectivity index (χ0) is 13.1. The zero-order valence-electron chi connectivity index (χ0n) is 10.7. The summed E-state index contributed by atoms with van der Waals surface area (Å²) >= 11 is 0. The molecule has 1 amide bonds. The molecule has 0 spiro atoms. The molecule has 1 atom stereocenters. The number of nitrogens with one attached hydrogen (secondary N) is 1. The van der Waals surface area contributed by atoms with Crippen molar-refractivity contribution in [1.29, 1.82) is 0 Å². The van der Waals surface area contributed by atoms with Gasteiger partial charge >= 0.3 is 0 Å². The van der Waals surface area contributed by atoms with Gasteiger partial charge in [0.2, 0.25) is 5.91 Å². The minimum absolute atomic E-state index is 0.158. The highest BCUT2D eigenvalue weighted by molar-refractivity contribution is 5.95. The fourth-order valence-electron chi connectivity index (χ4n) is 2.07. The van der Waals surface area contributed by atoms with E-state index in [1.54, 1.807) is 18.2 Å². The molecule has 0 aliphatic carbocycles. The highest BCUT2D eigenvalue weighted by atomic mass is 19.1. The summed E-state index contributed by atoms with van der Waals surface area (Å²) in [6.07, 6.45) is 0. The normalized spacial score (nSPS) is 21.8. The molecule has 1 aliphatic rings. The standard InChI is InChI=1S/C13H18FN3O/c1-16-7-8-17(2)12(9-16)13(18)15-11-6-4-3-5-10(11)14/h3-6,12H,7-9H2,1-2H3,(H,15,18). The van der Waals surface area contributed by atoms with Gasteiger partial charge in [-0.05, 0) is 26.2 Å². The Kier molecular flexibility index (Phi) is 3.93. The smallest absolute Gasteiger partial charge is 0.243 e. The predicted molar refractivity (Wildman–Crippen MR) is 68.9 cm³/mol. The van der Waals surface area contributed by atoms with E-state index >= 15 is 0 Å². The molecular formula is C13H18FN3O. The van der Waals surface area contributed by atoms with E-state index in [1.807, 2.05) is 19.0 Å². The van der Waals surface area contributed by atoms with Crippen molar-refractivity contribution >= 4 is 11.6 Å². The number of amides is 1. The van der Waals surface area contributed by atoms with Crippen LogP contribution < -0.4 is 5.32 Å². The van der Waals surface area contributed by atoms with Crippen LogP contribution in [0.2, 0.25) is 0 Å². The third kappa shape index (κ3) is 2.86. The van der Waals surface area contributed by atoms with E-state index in [9.17, 15) is 9.18 Å². The first-order valence-electron chi connectivity index (χ1n) is 6.02. The Morgan fingerprint density at radius 1 is 1.33 bits per heavy atom. The number of carbonyl (C=O) groups excluding carboxylic acids is 1. The minimum atomic E-state index is -0.405. The highest BCUT2D eigenvalue weighted by Gasteiger charge is 2.28. The maximum absolute atomic E-state index is 13.5. The topological polar surface area (TPSA) is 35.6 Å². The monoisotopic (exact) mass is 251 g/mol. The van der Waals surface area contributed by atoms with Crippen LogP contribution in [0.5, 0.6) is 0 Å². The van der Waals surface area contributed by atoms with Crippen molar-refractivity contribution in [3.8, 4) is 0 Å². The number of carbonyl (C=O) groups is 1. The lowest BCUT2D eigenvalue weighted by molar-refractivity contribution is -0.122. The summed E-state index contributed by atoms with van der Waals surface area (Å²) in [6, 6.07) is 5.98. The quantitative estimate of drug-likeness (QED) is 0.852. The van der Waals surface area contributed by atoms with Gasteiger partial charge in [0.15, 0.2) is 0 Å². The number of anilines is 1. The van der Waals surface area contributed by atoms with Crippen molar-refractivity contribution < 1.29 is 9.18 Å². The van der Waals surface area contributed by atoms with Crippen LogP contribution in [0.25, 0.3) is 0 Å². The van der Waals surface area contributed by atoms with Gasteiger partial charge in [0, 0.05) is 19.6 Å². The summed E-state index contributed by atoms with van der Waals surface area (Å²) in [5.74, 6) is -0.563. The summed E-state index contributed by atoms with van der Waals surface area (Å²) in [5.41, 5.74) is 0.240. The van der Waals surface area contributed by atoms with Gasteiger partial charge in [-0.3, -0.25) is 9.69 Å². The number of piperazine rings is 1. The first-order valence-corrected chi connectivity index (χ1v) is 6.02. The van der Waals surface area contributed by atoms with Crippen LogP contribution in [-0.2, 0) is 4.79 Å². The Morgan fingerprint density at radius 3 is 2.78 bits per heavy atom. The van der Waals surface area contributed by atoms with Crippen LogP contribution in [0, 0.1) is 5.82 Å². The Hall–Kier alpha value is -1.46. The van der Waals surface area contributed by atoms with E-state index in [1.165, 1.54) is 6.07 Å². The molecule has 0 aromatic heterocycles. The van der Waals surface area contributed by atoms with E-state index in [4.69, 9.17) is 0 Å². The van der Waals surface area contributed by atoms with Crippen molar-refractivity contribution in [3.05, 3.63) is 30.1 Å². The van der Waals surface area contributed by atoms with E-state index in [0.717, 1.165) is 13.1 Å². The summed E-state index contributed by atoms with van der Waals surface area (Å²) in [5, 5.41) is 2.65. The average molecular weight is 251 g/mol. The second-order valence-electron chi connectivity index (χ2n) is 4.73. The average Bonchev–Trinajstić information content (AvgIpc) is 2.35. The molecule has 5 heteroatoms. The second-order valence-corrected chi connectivity index (χ2v) is 4.73. The lowest BCUT2D eigenvalue weighted by Crippen LogP contribution is -2.55.